The molecule has 6 heteroatoms. The number of carbonyl (C=O) groups is 1. The third kappa shape index (κ3) is 3.49. The van der Waals surface area contributed by atoms with Gasteiger partial charge in [-0.3, -0.25) is 4.79 Å². The molecule has 0 atom stereocenters. The van der Waals surface area contributed by atoms with Crippen LogP contribution in [0.5, 0.6) is 0 Å². The number of amides is 1. The zero-order valence-electron chi connectivity index (χ0n) is 13.9. The second-order valence-electron chi connectivity index (χ2n) is 6.06. The molecule has 1 saturated heterocycles. The summed E-state index contributed by atoms with van der Waals surface area (Å²) in [5, 5.41) is 2.94. The van der Waals surface area contributed by atoms with Crippen LogP contribution in [0.25, 0.3) is 11.0 Å². The molecule has 3 aromatic rings. The number of morpholine rings is 1. The van der Waals surface area contributed by atoms with Crippen LogP contribution in [0.2, 0.25) is 0 Å². The fourth-order valence-corrected chi connectivity index (χ4v) is 3.07. The predicted molar refractivity (Wildman–Crippen MR) is 97.8 cm³/mol. The summed E-state index contributed by atoms with van der Waals surface area (Å²) in [6.07, 6.45) is 1.70. The van der Waals surface area contributed by atoms with Crippen LogP contribution in [0, 0.1) is 0 Å². The number of benzene rings is 2. The van der Waals surface area contributed by atoms with Crippen molar-refractivity contribution in [2.75, 3.05) is 36.5 Å². The van der Waals surface area contributed by atoms with Crippen molar-refractivity contribution in [1.29, 1.82) is 0 Å². The van der Waals surface area contributed by atoms with Gasteiger partial charge in [0.2, 0.25) is 5.91 Å². The second kappa shape index (κ2) is 6.94. The highest BCUT2D eigenvalue weighted by Crippen LogP contribution is 2.19. The zero-order valence-corrected chi connectivity index (χ0v) is 13.9. The molecule has 0 aliphatic carbocycles. The maximum Gasteiger partial charge on any atom is 0.244 e. The number of imidazole rings is 1. The van der Waals surface area contributed by atoms with Gasteiger partial charge < -0.3 is 19.5 Å². The van der Waals surface area contributed by atoms with Gasteiger partial charge in [-0.1, -0.05) is 12.1 Å². The molecule has 2 heterocycles. The van der Waals surface area contributed by atoms with E-state index in [0.29, 0.717) is 0 Å². The van der Waals surface area contributed by atoms with Gasteiger partial charge >= 0.3 is 0 Å². The van der Waals surface area contributed by atoms with Crippen molar-refractivity contribution in [3.05, 3.63) is 54.9 Å². The maximum absolute atomic E-state index is 12.3. The van der Waals surface area contributed by atoms with Crippen LogP contribution in [0.3, 0.4) is 0 Å². The van der Waals surface area contributed by atoms with Crippen molar-refractivity contribution in [3.63, 3.8) is 0 Å². The first-order valence-electron chi connectivity index (χ1n) is 8.42. The van der Waals surface area contributed by atoms with Crippen LogP contribution in [0.1, 0.15) is 0 Å². The number of aromatic nitrogens is 2. The fourth-order valence-electron chi connectivity index (χ4n) is 3.07. The second-order valence-corrected chi connectivity index (χ2v) is 6.06. The average Bonchev–Trinajstić information content (AvgIpc) is 3.06. The largest absolute Gasteiger partial charge is 0.378 e. The molecule has 1 N–H and O–H groups in total. The molecule has 0 spiro atoms. The van der Waals surface area contributed by atoms with Crippen molar-refractivity contribution >= 4 is 28.3 Å². The summed E-state index contributed by atoms with van der Waals surface area (Å²) in [5.74, 6) is -0.0673. The number of hydrogen-bond donors (Lipinski definition) is 1. The minimum Gasteiger partial charge on any atom is -0.378 e. The van der Waals surface area contributed by atoms with E-state index in [0.717, 1.165) is 48.7 Å². The molecule has 1 aliphatic rings. The third-order valence-corrected chi connectivity index (χ3v) is 4.37. The normalized spacial score (nSPS) is 14.6. The number of nitrogens with one attached hydrogen (secondary N) is 1. The third-order valence-electron chi connectivity index (χ3n) is 4.37. The van der Waals surface area contributed by atoms with Crippen LogP contribution >= 0.6 is 0 Å². The molecule has 1 fully saturated rings. The summed E-state index contributed by atoms with van der Waals surface area (Å²) < 4.78 is 7.23. The van der Waals surface area contributed by atoms with Crippen LogP contribution in [0.4, 0.5) is 11.4 Å². The molecular weight excluding hydrogens is 316 g/mol. The van der Waals surface area contributed by atoms with Gasteiger partial charge in [-0.05, 0) is 36.4 Å². The lowest BCUT2D eigenvalue weighted by atomic mass is 10.2. The Bertz CT molecular complexity index is 867. The highest BCUT2D eigenvalue weighted by Gasteiger charge is 2.11. The monoisotopic (exact) mass is 336 g/mol. The van der Waals surface area contributed by atoms with Gasteiger partial charge in [-0.15, -0.1) is 0 Å². The van der Waals surface area contributed by atoms with Gasteiger partial charge in [0.15, 0.2) is 0 Å². The maximum atomic E-state index is 12.3. The molecule has 1 amide bonds. The van der Waals surface area contributed by atoms with Gasteiger partial charge in [-0.25, -0.2) is 4.98 Å². The van der Waals surface area contributed by atoms with E-state index in [1.165, 1.54) is 0 Å². The van der Waals surface area contributed by atoms with Crippen LogP contribution in [-0.2, 0) is 16.1 Å². The predicted octanol–water partition coefficient (Wildman–Crippen LogP) is 2.51. The Morgan fingerprint density at radius 2 is 1.84 bits per heavy atom. The molecule has 4 rings (SSSR count). The SMILES string of the molecule is O=C(Cn1cnc2ccccc21)Nc1ccc(N2CCOCC2)cc1. The zero-order chi connectivity index (χ0) is 17.1. The summed E-state index contributed by atoms with van der Waals surface area (Å²) in [6.45, 7) is 3.57. The van der Waals surface area contributed by atoms with E-state index in [2.05, 4.69) is 15.2 Å². The molecule has 6 nitrogen and oxygen atoms in total. The lowest BCUT2D eigenvalue weighted by Gasteiger charge is -2.28. The van der Waals surface area contributed by atoms with Gasteiger partial charge in [0, 0.05) is 24.5 Å². The quantitative estimate of drug-likeness (QED) is 0.795. The standard InChI is InChI=1S/C19H20N4O2/c24-19(13-23-14-20-17-3-1-2-4-18(17)23)21-15-5-7-16(8-6-15)22-9-11-25-12-10-22/h1-8,14H,9-13H2,(H,21,24). The van der Waals surface area contributed by atoms with Gasteiger partial charge in [0.05, 0.1) is 30.6 Å². The summed E-state index contributed by atoms with van der Waals surface area (Å²) in [4.78, 5) is 18.9. The van der Waals surface area contributed by atoms with Crippen LogP contribution < -0.4 is 10.2 Å². The molecule has 0 radical (unpaired) electrons. The lowest BCUT2D eigenvalue weighted by molar-refractivity contribution is -0.116. The highest BCUT2D eigenvalue weighted by molar-refractivity contribution is 5.91. The molecule has 0 saturated carbocycles. The van der Waals surface area contributed by atoms with Crippen LogP contribution in [-0.4, -0.2) is 41.8 Å². The number of para-hydroxylation sites is 2. The molecular formula is C19H20N4O2. The molecule has 1 aromatic heterocycles. The Balaban J connectivity index is 1.40. The van der Waals surface area contributed by atoms with Crippen LogP contribution in [0.15, 0.2) is 54.9 Å². The van der Waals surface area contributed by atoms with E-state index in [1.54, 1.807) is 6.33 Å². The number of ether oxygens (including phenoxy) is 1. The fraction of sp³-hybridized carbons (Fsp3) is 0.263. The van der Waals surface area contributed by atoms with Crippen molar-refractivity contribution in [3.8, 4) is 0 Å². The Hall–Kier alpha value is -2.86. The van der Waals surface area contributed by atoms with Gasteiger partial charge in [0.1, 0.15) is 6.54 Å². The number of nitrogens with zero attached hydrogens (tertiary/aromatic N) is 3. The molecule has 128 valence electrons. The summed E-state index contributed by atoms with van der Waals surface area (Å²) in [5.41, 5.74) is 3.80. The molecule has 2 aromatic carbocycles. The first-order chi connectivity index (χ1) is 12.3. The molecule has 0 unspecified atom stereocenters. The number of carbonyl (C=O) groups excluding carboxylic acids is 1. The Morgan fingerprint density at radius 3 is 2.64 bits per heavy atom. The minimum atomic E-state index is -0.0673. The van der Waals surface area contributed by atoms with E-state index in [4.69, 9.17) is 4.74 Å². The highest BCUT2D eigenvalue weighted by atomic mass is 16.5. The van der Waals surface area contributed by atoms with E-state index in [9.17, 15) is 4.79 Å². The first-order valence-corrected chi connectivity index (χ1v) is 8.42. The molecule has 25 heavy (non-hydrogen) atoms. The number of anilines is 2. The molecule has 1 aliphatic heterocycles. The lowest BCUT2D eigenvalue weighted by Crippen LogP contribution is -2.36. The van der Waals surface area contributed by atoms with E-state index in [1.807, 2.05) is 53.1 Å². The first kappa shape index (κ1) is 15.7. The smallest absolute Gasteiger partial charge is 0.244 e. The van der Waals surface area contributed by atoms with E-state index < -0.39 is 0 Å². The number of hydrogen-bond acceptors (Lipinski definition) is 4. The van der Waals surface area contributed by atoms with Gasteiger partial charge in [0.25, 0.3) is 0 Å². The van der Waals surface area contributed by atoms with Crippen molar-refractivity contribution in [2.45, 2.75) is 6.54 Å². The Kier molecular flexibility index (Phi) is 4.35. The Labute approximate surface area is 146 Å². The van der Waals surface area contributed by atoms with E-state index >= 15 is 0 Å². The summed E-state index contributed by atoms with van der Waals surface area (Å²) in [6, 6.07) is 15.7. The average molecular weight is 336 g/mol. The van der Waals surface area contributed by atoms with Crippen molar-refractivity contribution in [2.24, 2.45) is 0 Å². The minimum absolute atomic E-state index is 0.0673. The molecule has 0 bridgehead atoms. The van der Waals surface area contributed by atoms with Crippen molar-refractivity contribution in [1.82, 2.24) is 9.55 Å². The van der Waals surface area contributed by atoms with E-state index in [-0.39, 0.29) is 12.5 Å². The topological polar surface area (TPSA) is 59.4 Å². The summed E-state index contributed by atoms with van der Waals surface area (Å²) in [7, 11) is 0. The summed E-state index contributed by atoms with van der Waals surface area (Å²) >= 11 is 0. The number of fused-ring (bicyclic) bond motifs is 1. The van der Waals surface area contributed by atoms with Crippen molar-refractivity contribution < 1.29 is 9.53 Å². The number of rotatable bonds is 4. The van der Waals surface area contributed by atoms with Gasteiger partial charge in [-0.2, -0.15) is 0 Å². The Morgan fingerprint density at radius 1 is 1.08 bits per heavy atom.